The van der Waals surface area contributed by atoms with Crippen molar-refractivity contribution in [2.75, 3.05) is 6.54 Å². The molecule has 0 fully saturated rings. The van der Waals surface area contributed by atoms with E-state index >= 15 is 0 Å². The summed E-state index contributed by atoms with van der Waals surface area (Å²) >= 11 is 19.3. The van der Waals surface area contributed by atoms with Crippen LogP contribution in [-0.2, 0) is 5.54 Å². The molecule has 1 N–H and O–H groups in total. The van der Waals surface area contributed by atoms with E-state index in [-0.39, 0.29) is 0 Å². The molecule has 0 atom stereocenters. The van der Waals surface area contributed by atoms with Gasteiger partial charge in [-0.15, -0.1) is 50.5 Å². The Labute approximate surface area is 260 Å². The van der Waals surface area contributed by atoms with Crippen LogP contribution in [0.1, 0.15) is 36.5 Å². The highest BCUT2D eigenvalue weighted by Gasteiger charge is 2.37. The number of unbranched alkanes of at least 4 members (excludes halogenated alkanes) is 1. The van der Waals surface area contributed by atoms with Gasteiger partial charge in [0, 0.05) is 19.6 Å². The molecule has 0 unspecified atom stereocenters. The van der Waals surface area contributed by atoms with Crippen LogP contribution >= 0.6 is 50.5 Å². The molecule has 5 heteroatoms. The van der Waals surface area contributed by atoms with E-state index in [2.05, 4.69) is 91.1 Å². The van der Waals surface area contributed by atoms with Crippen molar-refractivity contribution >= 4 is 50.5 Å². The lowest BCUT2D eigenvalue weighted by Gasteiger charge is -2.38. The first-order valence-electron chi connectivity index (χ1n) is 13.5. The van der Waals surface area contributed by atoms with Crippen LogP contribution in [0.5, 0.6) is 0 Å². The van der Waals surface area contributed by atoms with Crippen LogP contribution in [0.25, 0.3) is 22.3 Å². The Kier molecular flexibility index (Phi) is 9.39. The molecule has 5 aromatic carbocycles. The van der Waals surface area contributed by atoms with Gasteiger partial charge in [0.25, 0.3) is 0 Å². The van der Waals surface area contributed by atoms with Crippen molar-refractivity contribution < 1.29 is 0 Å². The first-order chi connectivity index (χ1) is 19.5. The first-order valence-corrected chi connectivity index (χ1v) is 15.3. The molecule has 0 saturated heterocycles. The van der Waals surface area contributed by atoms with Gasteiger partial charge in [-0.3, -0.25) is 5.32 Å². The lowest BCUT2D eigenvalue weighted by molar-refractivity contribution is 0.464. The van der Waals surface area contributed by atoms with Crippen molar-refractivity contribution in [1.29, 1.82) is 0 Å². The van der Waals surface area contributed by atoms with Crippen LogP contribution in [0.15, 0.2) is 135 Å². The van der Waals surface area contributed by atoms with Gasteiger partial charge in [0.05, 0.1) is 5.54 Å². The number of rotatable bonds is 9. The van der Waals surface area contributed by atoms with Crippen molar-refractivity contribution in [3.8, 4) is 22.3 Å². The predicted octanol–water partition coefficient (Wildman–Crippen LogP) is 9.86. The van der Waals surface area contributed by atoms with Crippen molar-refractivity contribution in [3.05, 3.63) is 132 Å². The minimum Gasteiger partial charge on any atom is -0.300 e. The van der Waals surface area contributed by atoms with E-state index in [1.54, 1.807) is 0 Å². The minimum absolute atomic E-state index is 0.625. The Hall–Kier alpha value is -2.54. The molecule has 5 aromatic rings. The predicted molar refractivity (Wildman–Crippen MR) is 182 cm³/mol. The molecule has 0 aliphatic carbocycles. The van der Waals surface area contributed by atoms with Crippen LogP contribution in [0.2, 0.25) is 0 Å². The fourth-order valence-electron chi connectivity index (χ4n) is 5.32. The van der Waals surface area contributed by atoms with Crippen LogP contribution in [-0.4, -0.2) is 6.54 Å². The second-order valence-corrected chi connectivity index (χ2v) is 11.8. The van der Waals surface area contributed by atoms with Crippen LogP contribution in [0.4, 0.5) is 0 Å². The standard InChI is InChI=1S/C35H33NS4/c1-2-3-21-36-35(24-11-5-4-6-12-24,25-17-19-33(39)29(22-25)27-13-7-9-15-31(27)37)26-18-20-34(40)30(23-26)28-14-8-10-16-32(28)38/h4-20,22-23,36-40H,2-3,21H2,1H3. The number of hydrogen-bond donors (Lipinski definition) is 5. The van der Waals surface area contributed by atoms with Gasteiger partial charge in [0.15, 0.2) is 0 Å². The van der Waals surface area contributed by atoms with Crippen molar-refractivity contribution in [1.82, 2.24) is 5.32 Å². The lowest BCUT2D eigenvalue weighted by Crippen LogP contribution is -2.45. The molecule has 0 spiro atoms. The highest BCUT2D eigenvalue weighted by molar-refractivity contribution is 7.81. The van der Waals surface area contributed by atoms with E-state index in [1.807, 2.05) is 36.4 Å². The summed E-state index contributed by atoms with van der Waals surface area (Å²) < 4.78 is 0. The van der Waals surface area contributed by atoms with Gasteiger partial charge in [0.2, 0.25) is 0 Å². The topological polar surface area (TPSA) is 12.0 Å². The summed E-state index contributed by atoms with van der Waals surface area (Å²) in [7, 11) is 0. The van der Waals surface area contributed by atoms with Crippen LogP contribution in [0, 0.1) is 0 Å². The quantitative estimate of drug-likeness (QED) is 0.0649. The SMILES string of the molecule is CCCCNC(c1ccccc1)(c1ccc(S)c(-c2ccccc2S)c1)c1ccc(S)c(-c2ccccc2S)c1. The van der Waals surface area contributed by atoms with Gasteiger partial charge >= 0.3 is 0 Å². The van der Waals surface area contributed by atoms with Crippen LogP contribution < -0.4 is 5.32 Å². The molecule has 0 aromatic heterocycles. The maximum Gasteiger partial charge on any atom is 0.0948 e. The molecule has 0 heterocycles. The second-order valence-electron chi connectivity index (χ2n) is 9.89. The summed E-state index contributed by atoms with van der Waals surface area (Å²) in [6, 6.07) is 40.2. The fraction of sp³-hybridized carbons (Fsp3) is 0.143. The monoisotopic (exact) mass is 595 g/mol. The molecular formula is C35H33NS4. The van der Waals surface area contributed by atoms with E-state index in [1.165, 1.54) is 5.56 Å². The number of thiol groups is 4. The summed E-state index contributed by atoms with van der Waals surface area (Å²) in [5.74, 6) is 0. The smallest absolute Gasteiger partial charge is 0.0948 e. The largest absolute Gasteiger partial charge is 0.300 e. The molecule has 0 radical (unpaired) electrons. The number of nitrogens with one attached hydrogen (secondary N) is 1. The molecule has 202 valence electrons. The third kappa shape index (κ3) is 5.77. The van der Waals surface area contributed by atoms with Crippen molar-refractivity contribution in [2.24, 2.45) is 0 Å². The third-order valence-electron chi connectivity index (χ3n) is 7.37. The van der Waals surface area contributed by atoms with Gasteiger partial charge in [-0.1, -0.05) is 92.2 Å². The first kappa shape index (κ1) is 29.0. The summed E-state index contributed by atoms with van der Waals surface area (Å²) in [6.07, 6.45) is 2.15. The molecule has 0 saturated carbocycles. The zero-order chi connectivity index (χ0) is 28.1. The molecular weight excluding hydrogens is 563 g/mol. The summed E-state index contributed by atoms with van der Waals surface area (Å²) in [5.41, 5.74) is 7.03. The summed E-state index contributed by atoms with van der Waals surface area (Å²) in [4.78, 5) is 3.67. The van der Waals surface area contributed by atoms with E-state index in [9.17, 15) is 0 Å². The Balaban J connectivity index is 1.81. The molecule has 0 aliphatic rings. The highest BCUT2D eigenvalue weighted by atomic mass is 32.1. The Morgan fingerprint density at radius 1 is 0.500 bits per heavy atom. The zero-order valence-electron chi connectivity index (χ0n) is 22.4. The minimum atomic E-state index is -0.625. The molecule has 0 aliphatic heterocycles. The average molecular weight is 596 g/mol. The van der Waals surface area contributed by atoms with Gasteiger partial charge in [-0.25, -0.2) is 0 Å². The van der Waals surface area contributed by atoms with Crippen molar-refractivity contribution in [2.45, 2.75) is 44.9 Å². The zero-order valence-corrected chi connectivity index (χ0v) is 26.0. The molecule has 0 bridgehead atoms. The van der Waals surface area contributed by atoms with Gasteiger partial charge < -0.3 is 0 Å². The highest BCUT2D eigenvalue weighted by Crippen LogP contribution is 2.43. The molecule has 0 amide bonds. The molecule has 40 heavy (non-hydrogen) atoms. The number of hydrogen-bond acceptors (Lipinski definition) is 5. The van der Waals surface area contributed by atoms with E-state index in [4.69, 9.17) is 50.5 Å². The van der Waals surface area contributed by atoms with Crippen molar-refractivity contribution in [3.63, 3.8) is 0 Å². The Morgan fingerprint density at radius 3 is 1.43 bits per heavy atom. The van der Waals surface area contributed by atoms with E-state index < -0.39 is 5.54 Å². The normalized spacial score (nSPS) is 11.5. The third-order valence-corrected chi connectivity index (χ3v) is 8.93. The Morgan fingerprint density at radius 2 is 0.950 bits per heavy atom. The second kappa shape index (κ2) is 13.0. The number of benzene rings is 5. The maximum absolute atomic E-state index is 4.88. The fourth-order valence-corrected chi connectivity index (χ4v) is 6.40. The lowest BCUT2D eigenvalue weighted by atomic mass is 9.75. The summed E-state index contributed by atoms with van der Waals surface area (Å²) in [5, 5.41) is 4.02. The van der Waals surface area contributed by atoms with Gasteiger partial charge in [0.1, 0.15) is 0 Å². The summed E-state index contributed by atoms with van der Waals surface area (Å²) in [6.45, 7) is 3.08. The van der Waals surface area contributed by atoms with E-state index in [0.29, 0.717) is 0 Å². The average Bonchev–Trinajstić information content (AvgIpc) is 2.98. The maximum atomic E-state index is 4.88. The molecule has 5 rings (SSSR count). The van der Waals surface area contributed by atoms with Gasteiger partial charge in [-0.05, 0) is 88.3 Å². The van der Waals surface area contributed by atoms with Gasteiger partial charge in [-0.2, -0.15) is 0 Å². The Bertz CT molecular complexity index is 1520. The van der Waals surface area contributed by atoms with E-state index in [0.717, 1.165) is 72.3 Å². The molecule has 1 nitrogen and oxygen atoms in total. The van der Waals surface area contributed by atoms with Crippen LogP contribution in [0.3, 0.4) is 0 Å².